The maximum absolute atomic E-state index is 11.8. The summed E-state index contributed by atoms with van der Waals surface area (Å²) in [6.45, 7) is 5.57. The Kier molecular flexibility index (Phi) is 4.52. The number of hydrogen-bond acceptors (Lipinski definition) is 3. The van der Waals surface area contributed by atoms with Crippen molar-refractivity contribution in [3.05, 3.63) is 23.8 Å². The summed E-state index contributed by atoms with van der Waals surface area (Å²) in [5.41, 5.74) is 7.17. The minimum atomic E-state index is -0.292. The van der Waals surface area contributed by atoms with Crippen molar-refractivity contribution in [2.75, 3.05) is 5.32 Å². The van der Waals surface area contributed by atoms with Gasteiger partial charge in [0.25, 0.3) is 0 Å². The van der Waals surface area contributed by atoms with E-state index in [4.69, 9.17) is 5.73 Å². The molecule has 0 saturated carbocycles. The number of aromatic hydroxyl groups is 1. The number of rotatable bonds is 4. The van der Waals surface area contributed by atoms with Crippen LogP contribution in [0, 0.1) is 5.92 Å². The van der Waals surface area contributed by atoms with Crippen LogP contribution in [0.25, 0.3) is 0 Å². The topological polar surface area (TPSA) is 75.3 Å². The first-order chi connectivity index (χ1) is 7.95. The molecule has 4 nitrogen and oxygen atoms in total. The Balaban J connectivity index is 2.84. The highest BCUT2D eigenvalue weighted by Gasteiger charge is 2.18. The number of amides is 1. The molecule has 17 heavy (non-hydrogen) atoms. The molecular weight excluding hydrogens is 216 g/mol. The van der Waals surface area contributed by atoms with Gasteiger partial charge >= 0.3 is 0 Å². The van der Waals surface area contributed by atoms with Crippen LogP contribution in [0.5, 0.6) is 5.75 Å². The molecule has 0 fully saturated rings. The summed E-state index contributed by atoms with van der Waals surface area (Å²) in [5, 5.41) is 12.4. The van der Waals surface area contributed by atoms with E-state index in [1.165, 1.54) is 0 Å². The zero-order chi connectivity index (χ0) is 13.0. The Bertz CT molecular complexity index is 402. The summed E-state index contributed by atoms with van der Waals surface area (Å²) in [7, 11) is 0. The van der Waals surface area contributed by atoms with E-state index in [9.17, 15) is 9.90 Å². The summed E-state index contributed by atoms with van der Waals surface area (Å²) >= 11 is 0. The van der Waals surface area contributed by atoms with Gasteiger partial charge in [-0.15, -0.1) is 0 Å². The molecule has 1 aromatic rings. The van der Waals surface area contributed by atoms with Crippen LogP contribution >= 0.6 is 0 Å². The molecule has 0 aliphatic heterocycles. The van der Waals surface area contributed by atoms with E-state index >= 15 is 0 Å². The summed E-state index contributed by atoms with van der Waals surface area (Å²) in [6.07, 6.45) is 0.853. The van der Waals surface area contributed by atoms with Gasteiger partial charge in [-0.3, -0.25) is 4.79 Å². The number of aryl methyl sites for hydroxylation is 1. The maximum atomic E-state index is 11.8. The predicted octanol–water partition coefficient (Wildman–Crippen LogP) is 1.88. The quantitative estimate of drug-likeness (QED) is 0.699. The molecule has 0 spiro atoms. The van der Waals surface area contributed by atoms with E-state index in [-0.39, 0.29) is 23.6 Å². The summed E-state index contributed by atoms with van der Waals surface area (Å²) in [5.74, 6) is -0.393. The first-order valence-electron chi connectivity index (χ1n) is 5.84. The van der Waals surface area contributed by atoms with Gasteiger partial charge in [-0.25, -0.2) is 0 Å². The average Bonchev–Trinajstić information content (AvgIpc) is 2.30. The van der Waals surface area contributed by atoms with Gasteiger partial charge < -0.3 is 16.2 Å². The third-order valence-corrected chi connectivity index (χ3v) is 2.93. The third-order valence-electron chi connectivity index (χ3n) is 2.93. The van der Waals surface area contributed by atoms with E-state index in [0.717, 1.165) is 12.0 Å². The predicted molar refractivity (Wildman–Crippen MR) is 68.9 cm³/mol. The fourth-order valence-corrected chi connectivity index (χ4v) is 1.39. The highest BCUT2D eigenvalue weighted by atomic mass is 16.3. The number of benzene rings is 1. The average molecular weight is 236 g/mol. The number of carbonyl (C=O) groups excluding carboxylic acids is 1. The summed E-state index contributed by atoms with van der Waals surface area (Å²) in [6, 6.07) is 4.98. The van der Waals surface area contributed by atoms with Crippen molar-refractivity contribution in [1.82, 2.24) is 0 Å². The van der Waals surface area contributed by atoms with Crippen molar-refractivity contribution in [2.45, 2.75) is 33.2 Å². The van der Waals surface area contributed by atoms with E-state index in [1.807, 2.05) is 13.0 Å². The number of carbonyl (C=O) groups is 1. The van der Waals surface area contributed by atoms with Gasteiger partial charge in [0, 0.05) is 6.04 Å². The second-order valence-electron chi connectivity index (χ2n) is 4.34. The molecule has 1 amide bonds. The van der Waals surface area contributed by atoms with E-state index in [0.29, 0.717) is 5.69 Å². The standard InChI is InChI=1S/C13H20N2O2/c1-4-10-5-6-12(16)11(7-10)15-13(17)8(2)9(3)14/h5-9,16H,4,14H2,1-3H3,(H,15,17). The molecule has 4 heteroatoms. The fourth-order valence-electron chi connectivity index (χ4n) is 1.39. The molecule has 2 atom stereocenters. The lowest BCUT2D eigenvalue weighted by Gasteiger charge is -2.16. The van der Waals surface area contributed by atoms with Gasteiger partial charge in [-0.1, -0.05) is 19.9 Å². The number of phenols is 1. The maximum Gasteiger partial charge on any atom is 0.228 e. The molecule has 0 saturated heterocycles. The molecule has 1 rings (SSSR count). The number of anilines is 1. The third kappa shape index (κ3) is 3.46. The highest BCUT2D eigenvalue weighted by molar-refractivity contribution is 5.94. The van der Waals surface area contributed by atoms with Crippen LogP contribution in [0.2, 0.25) is 0 Å². The van der Waals surface area contributed by atoms with E-state index < -0.39 is 0 Å². The van der Waals surface area contributed by atoms with Gasteiger partial charge in [-0.05, 0) is 31.0 Å². The Morgan fingerprint density at radius 2 is 2.12 bits per heavy atom. The van der Waals surface area contributed by atoms with Gasteiger partial charge in [0.05, 0.1) is 11.6 Å². The smallest absolute Gasteiger partial charge is 0.228 e. The van der Waals surface area contributed by atoms with Crippen molar-refractivity contribution >= 4 is 11.6 Å². The second kappa shape index (κ2) is 5.68. The van der Waals surface area contributed by atoms with Gasteiger partial charge in [0.2, 0.25) is 5.91 Å². The Morgan fingerprint density at radius 1 is 1.47 bits per heavy atom. The molecule has 2 unspecified atom stereocenters. The molecule has 94 valence electrons. The Morgan fingerprint density at radius 3 is 2.65 bits per heavy atom. The number of phenolic OH excluding ortho intramolecular Hbond substituents is 1. The van der Waals surface area contributed by atoms with E-state index in [1.54, 1.807) is 26.0 Å². The highest BCUT2D eigenvalue weighted by Crippen LogP contribution is 2.25. The van der Waals surface area contributed by atoms with Gasteiger partial charge in [0.15, 0.2) is 0 Å². The second-order valence-corrected chi connectivity index (χ2v) is 4.34. The van der Waals surface area contributed by atoms with Crippen LogP contribution < -0.4 is 11.1 Å². The number of nitrogens with one attached hydrogen (secondary N) is 1. The first kappa shape index (κ1) is 13.5. The summed E-state index contributed by atoms with van der Waals surface area (Å²) in [4.78, 5) is 11.8. The minimum Gasteiger partial charge on any atom is -0.506 e. The normalized spacial score (nSPS) is 14.1. The lowest BCUT2D eigenvalue weighted by atomic mass is 10.0. The fraction of sp³-hybridized carbons (Fsp3) is 0.462. The number of nitrogens with two attached hydrogens (primary N) is 1. The van der Waals surface area contributed by atoms with Gasteiger partial charge in [0.1, 0.15) is 5.75 Å². The van der Waals surface area contributed by atoms with Crippen LogP contribution in [0.15, 0.2) is 18.2 Å². The van der Waals surface area contributed by atoms with Crippen molar-refractivity contribution in [3.8, 4) is 5.75 Å². The molecule has 0 heterocycles. The molecule has 0 aliphatic carbocycles. The molecule has 0 aliphatic rings. The van der Waals surface area contributed by atoms with Gasteiger partial charge in [-0.2, -0.15) is 0 Å². The van der Waals surface area contributed by atoms with Crippen molar-refractivity contribution < 1.29 is 9.90 Å². The largest absolute Gasteiger partial charge is 0.506 e. The lowest BCUT2D eigenvalue weighted by molar-refractivity contribution is -0.119. The van der Waals surface area contributed by atoms with E-state index in [2.05, 4.69) is 5.32 Å². The van der Waals surface area contributed by atoms with Crippen LogP contribution in [0.4, 0.5) is 5.69 Å². The van der Waals surface area contributed by atoms with Crippen LogP contribution in [0.3, 0.4) is 0 Å². The van der Waals surface area contributed by atoms with Crippen LogP contribution in [0.1, 0.15) is 26.3 Å². The molecular formula is C13H20N2O2. The molecule has 1 aromatic carbocycles. The Hall–Kier alpha value is -1.55. The van der Waals surface area contributed by atoms with Crippen LogP contribution in [-0.4, -0.2) is 17.1 Å². The molecule has 0 radical (unpaired) electrons. The lowest BCUT2D eigenvalue weighted by Crippen LogP contribution is -2.34. The molecule has 0 bridgehead atoms. The minimum absolute atomic E-state index is 0.0763. The Labute approximate surface area is 102 Å². The molecule has 0 aromatic heterocycles. The zero-order valence-electron chi connectivity index (χ0n) is 10.5. The SMILES string of the molecule is CCc1ccc(O)c(NC(=O)C(C)C(C)N)c1. The number of hydrogen-bond donors (Lipinski definition) is 3. The van der Waals surface area contributed by atoms with Crippen molar-refractivity contribution in [3.63, 3.8) is 0 Å². The van der Waals surface area contributed by atoms with Crippen molar-refractivity contribution in [1.29, 1.82) is 0 Å². The van der Waals surface area contributed by atoms with Crippen molar-refractivity contribution in [2.24, 2.45) is 11.7 Å². The summed E-state index contributed by atoms with van der Waals surface area (Å²) < 4.78 is 0. The van der Waals surface area contributed by atoms with Crippen LogP contribution in [-0.2, 0) is 11.2 Å². The molecule has 4 N–H and O–H groups in total. The first-order valence-corrected chi connectivity index (χ1v) is 5.84. The monoisotopic (exact) mass is 236 g/mol. The zero-order valence-corrected chi connectivity index (χ0v) is 10.5.